The van der Waals surface area contributed by atoms with Crippen LogP contribution in [0.25, 0.3) is 11.5 Å². The predicted octanol–water partition coefficient (Wildman–Crippen LogP) is 8.07. The maximum absolute atomic E-state index is 12.6. The van der Waals surface area contributed by atoms with Gasteiger partial charge in [-0.3, -0.25) is 4.79 Å². The standard InChI is InChI=1S/C27H22Cl3N3O2S/c1-2-36-20-9-3-16(4-10-20)13-23(34)31-19-14-21(29)24(22(30)15-19)27(11-12-27)26-32-25(35-33-26)17-5-7-18(28)8-6-17/h3-10,14-15H,2,11-13H2,1H3,(H,31,34). The normalized spacial score (nSPS) is 14.0. The Hall–Kier alpha value is -2.51. The number of hydrogen-bond acceptors (Lipinski definition) is 5. The first-order chi connectivity index (χ1) is 17.4. The van der Waals surface area contributed by atoms with Crippen LogP contribution in [0.4, 0.5) is 5.69 Å². The van der Waals surface area contributed by atoms with Gasteiger partial charge >= 0.3 is 0 Å². The largest absolute Gasteiger partial charge is 0.334 e. The maximum Gasteiger partial charge on any atom is 0.257 e. The van der Waals surface area contributed by atoms with Crippen LogP contribution in [-0.2, 0) is 16.6 Å². The van der Waals surface area contributed by atoms with Crippen LogP contribution in [-0.4, -0.2) is 21.8 Å². The lowest BCUT2D eigenvalue weighted by molar-refractivity contribution is -0.115. The van der Waals surface area contributed by atoms with E-state index in [2.05, 4.69) is 22.4 Å². The van der Waals surface area contributed by atoms with E-state index in [4.69, 9.17) is 39.3 Å². The van der Waals surface area contributed by atoms with Gasteiger partial charge in [0.2, 0.25) is 5.91 Å². The summed E-state index contributed by atoms with van der Waals surface area (Å²) in [7, 11) is 0. The van der Waals surface area contributed by atoms with E-state index in [1.165, 1.54) is 4.90 Å². The van der Waals surface area contributed by atoms with Crippen molar-refractivity contribution in [2.24, 2.45) is 0 Å². The highest BCUT2D eigenvalue weighted by atomic mass is 35.5. The van der Waals surface area contributed by atoms with E-state index in [1.54, 1.807) is 36.0 Å². The van der Waals surface area contributed by atoms with E-state index in [-0.39, 0.29) is 12.3 Å². The predicted molar refractivity (Wildman–Crippen MR) is 146 cm³/mol. The van der Waals surface area contributed by atoms with Crippen LogP contribution in [0.1, 0.15) is 36.7 Å². The van der Waals surface area contributed by atoms with Crippen LogP contribution in [0, 0.1) is 0 Å². The molecule has 36 heavy (non-hydrogen) atoms. The fourth-order valence-electron chi connectivity index (χ4n) is 4.20. The van der Waals surface area contributed by atoms with Crippen molar-refractivity contribution in [3.8, 4) is 11.5 Å². The Morgan fingerprint density at radius 1 is 1.03 bits per heavy atom. The second-order valence-electron chi connectivity index (χ2n) is 8.63. The highest BCUT2D eigenvalue weighted by Crippen LogP contribution is 2.57. The number of nitrogens with zero attached hydrogens (tertiary/aromatic N) is 2. The average Bonchev–Trinajstić information content (AvgIpc) is 3.47. The van der Waals surface area contributed by atoms with Crippen LogP contribution < -0.4 is 5.32 Å². The second kappa shape index (κ2) is 10.5. The van der Waals surface area contributed by atoms with Gasteiger partial charge in [0.1, 0.15) is 0 Å². The Kier molecular flexibility index (Phi) is 7.31. The first kappa shape index (κ1) is 25.2. The third-order valence-electron chi connectivity index (χ3n) is 6.10. The summed E-state index contributed by atoms with van der Waals surface area (Å²) in [4.78, 5) is 18.5. The van der Waals surface area contributed by atoms with Crippen LogP contribution in [0.2, 0.25) is 15.1 Å². The molecule has 9 heteroatoms. The molecule has 1 amide bonds. The minimum atomic E-state index is -0.511. The molecule has 5 rings (SSSR count). The molecular weight excluding hydrogens is 537 g/mol. The molecule has 1 aliphatic carbocycles. The molecule has 1 aliphatic rings. The number of nitrogens with one attached hydrogen (secondary N) is 1. The molecule has 5 nitrogen and oxygen atoms in total. The average molecular weight is 559 g/mol. The van der Waals surface area contributed by atoms with Crippen LogP contribution >= 0.6 is 46.6 Å². The lowest BCUT2D eigenvalue weighted by atomic mass is 9.94. The summed E-state index contributed by atoms with van der Waals surface area (Å²) < 4.78 is 5.52. The van der Waals surface area contributed by atoms with Gasteiger partial charge in [-0.25, -0.2) is 0 Å². The van der Waals surface area contributed by atoms with Crippen LogP contribution in [0.5, 0.6) is 0 Å². The fraction of sp³-hybridized carbons (Fsp3) is 0.222. The summed E-state index contributed by atoms with van der Waals surface area (Å²) >= 11 is 21.2. The van der Waals surface area contributed by atoms with E-state index in [0.29, 0.717) is 32.5 Å². The first-order valence-corrected chi connectivity index (χ1v) is 13.6. The van der Waals surface area contributed by atoms with E-state index in [9.17, 15) is 4.79 Å². The zero-order valence-electron chi connectivity index (χ0n) is 19.4. The van der Waals surface area contributed by atoms with Crippen molar-refractivity contribution >= 4 is 58.2 Å². The summed E-state index contributed by atoms with van der Waals surface area (Å²) in [5, 5.41) is 8.68. The molecule has 1 fully saturated rings. The lowest BCUT2D eigenvalue weighted by Crippen LogP contribution is -2.16. The van der Waals surface area contributed by atoms with Crippen molar-refractivity contribution in [2.75, 3.05) is 11.1 Å². The highest BCUT2D eigenvalue weighted by Gasteiger charge is 2.52. The minimum Gasteiger partial charge on any atom is -0.334 e. The van der Waals surface area contributed by atoms with Crippen molar-refractivity contribution in [1.29, 1.82) is 0 Å². The van der Waals surface area contributed by atoms with Gasteiger partial charge < -0.3 is 9.84 Å². The van der Waals surface area contributed by atoms with Crippen molar-refractivity contribution in [3.05, 3.63) is 92.7 Å². The van der Waals surface area contributed by atoms with Crippen molar-refractivity contribution in [3.63, 3.8) is 0 Å². The smallest absolute Gasteiger partial charge is 0.257 e. The monoisotopic (exact) mass is 557 g/mol. The van der Waals surface area contributed by atoms with Gasteiger partial charge in [-0.1, -0.05) is 59.0 Å². The number of halogens is 3. The third-order valence-corrected chi connectivity index (χ3v) is 7.84. The number of amides is 1. The Morgan fingerprint density at radius 2 is 1.69 bits per heavy atom. The Balaban J connectivity index is 1.32. The fourth-order valence-corrected chi connectivity index (χ4v) is 5.84. The summed E-state index contributed by atoms with van der Waals surface area (Å²) in [6.07, 6.45) is 1.85. The third kappa shape index (κ3) is 5.28. The quantitative estimate of drug-likeness (QED) is 0.221. The zero-order chi connectivity index (χ0) is 25.3. The van der Waals surface area contributed by atoms with E-state index in [1.807, 2.05) is 36.4 Å². The molecule has 0 bridgehead atoms. The lowest BCUT2D eigenvalue weighted by Gasteiger charge is -2.17. The first-order valence-electron chi connectivity index (χ1n) is 11.5. The van der Waals surface area contributed by atoms with Gasteiger partial charge in [0.25, 0.3) is 5.89 Å². The number of aromatic nitrogens is 2. The Bertz CT molecular complexity index is 1380. The maximum atomic E-state index is 12.6. The zero-order valence-corrected chi connectivity index (χ0v) is 22.4. The Labute approximate surface area is 228 Å². The summed E-state index contributed by atoms with van der Waals surface area (Å²) in [5.74, 6) is 1.82. The SMILES string of the molecule is CCSc1ccc(CC(=O)Nc2cc(Cl)c(C3(c4noc(-c5ccc(Cl)cc5)n4)CC3)c(Cl)c2)cc1. The number of anilines is 1. The molecule has 4 aromatic rings. The van der Waals surface area contributed by atoms with Gasteiger partial charge in [-0.05, 0) is 72.7 Å². The molecule has 1 N–H and O–H groups in total. The number of carbonyl (C=O) groups excluding carboxylic acids is 1. The molecule has 0 aliphatic heterocycles. The van der Waals surface area contributed by atoms with Gasteiger partial charge in [0, 0.05) is 36.8 Å². The van der Waals surface area contributed by atoms with Crippen molar-refractivity contribution < 1.29 is 9.32 Å². The number of hydrogen-bond donors (Lipinski definition) is 1. The second-order valence-corrected chi connectivity index (χ2v) is 11.2. The number of rotatable bonds is 8. The molecule has 1 heterocycles. The van der Waals surface area contributed by atoms with Crippen molar-refractivity contribution in [2.45, 2.75) is 36.5 Å². The van der Waals surface area contributed by atoms with Crippen LogP contribution in [0.15, 0.2) is 70.1 Å². The topological polar surface area (TPSA) is 68.0 Å². The summed E-state index contributed by atoms with van der Waals surface area (Å²) in [6.45, 7) is 2.11. The summed E-state index contributed by atoms with van der Waals surface area (Å²) in [6, 6.07) is 18.7. The molecule has 0 radical (unpaired) electrons. The number of benzene rings is 3. The molecule has 0 saturated heterocycles. The van der Waals surface area contributed by atoms with E-state index in [0.717, 1.165) is 35.3 Å². The highest BCUT2D eigenvalue weighted by molar-refractivity contribution is 7.99. The molecular formula is C27H22Cl3N3O2S. The van der Waals surface area contributed by atoms with Gasteiger partial charge in [0.05, 0.1) is 11.8 Å². The van der Waals surface area contributed by atoms with Crippen molar-refractivity contribution in [1.82, 2.24) is 10.1 Å². The number of thioether (sulfide) groups is 1. The molecule has 184 valence electrons. The molecule has 1 saturated carbocycles. The van der Waals surface area contributed by atoms with Gasteiger partial charge in [0.15, 0.2) is 5.82 Å². The molecule has 3 aromatic carbocycles. The van der Waals surface area contributed by atoms with Gasteiger partial charge in [-0.15, -0.1) is 11.8 Å². The molecule has 0 unspecified atom stereocenters. The molecule has 1 aromatic heterocycles. The van der Waals surface area contributed by atoms with Gasteiger partial charge in [-0.2, -0.15) is 4.98 Å². The van der Waals surface area contributed by atoms with E-state index < -0.39 is 5.41 Å². The summed E-state index contributed by atoms with van der Waals surface area (Å²) in [5.41, 5.74) is 2.50. The van der Waals surface area contributed by atoms with E-state index >= 15 is 0 Å². The number of carbonyl (C=O) groups is 1. The molecule has 0 spiro atoms. The molecule has 0 atom stereocenters. The Morgan fingerprint density at radius 3 is 2.31 bits per heavy atom. The van der Waals surface area contributed by atoms with Crippen LogP contribution in [0.3, 0.4) is 0 Å². The minimum absolute atomic E-state index is 0.141.